The van der Waals surface area contributed by atoms with Gasteiger partial charge >= 0.3 is 0 Å². The molecule has 0 amide bonds. The predicted octanol–water partition coefficient (Wildman–Crippen LogP) is 1.35. The molecular weight excluding hydrogens is 222 g/mol. The summed E-state index contributed by atoms with van der Waals surface area (Å²) < 4.78 is 0.771. The number of nitrogens with one attached hydrogen (secondary N) is 1. The van der Waals surface area contributed by atoms with Crippen LogP contribution in [0.15, 0.2) is 27.6 Å². The van der Waals surface area contributed by atoms with Crippen LogP contribution in [0, 0.1) is 0 Å². The van der Waals surface area contributed by atoms with E-state index in [0.29, 0.717) is 11.8 Å². The van der Waals surface area contributed by atoms with Crippen molar-refractivity contribution >= 4 is 28.3 Å². The Morgan fingerprint density at radius 2 is 2.25 bits per heavy atom. The second kappa shape index (κ2) is 4.01. The lowest BCUT2D eigenvalue weighted by Gasteiger charge is -1.91. The first-order valence-electron chi connectivity index (χ1n) is 3.24. The molecule has 0 atom stereocenters. The summed E-state index contributed by atoms with van der Waals surface area (Å²) in [6.07, 6.45) is 4.90. The first-order valence-corrected chi connectivity index (χ1v) is 4.03. The van der Waals surface area contributed by atoms with Crippen molar-refractivity contribution < 1.29 is 4.79 Å². The number of hydrogen-bond acceptors (Lipinski definition) is 2. The summed E-state index contributed by atoms with van der Waals surface area (Å²) >= 11 is 3.20. The minimum Gasteiger partial charge on any atom is -0.327 e. The lowest BCUT2D eigenvalue weighted by atomic mass is 10.2. The first kappa shape index (κ1) is 8.93. The van der Waals surface area contributed by atoms with Crippen LogP contribution in [-0.4, -0.2) is 11.3 Å². The van der Waals surface area contributed by atoms with Crippen LogP contribution in [0.1, 0.15) is 5.56 Å². The molecule has 0 bridgehead atoms. The molecular formula is C8H6BrNO2. The van der Waals surface area contributed by atoms with Crippen molar-refractivity contribution in [3.05, 3.63) is 38.7 Å². The molecule has 0 aromatic carbocycles. The molecule has 1 rings (SSSR count). The second-order valence-electron chi connectivity index (χ2n) is 2.10. The molecule has 4 heteroatoms. The van der Waals surface area contributed by atoms with Gasteiger partial charge in [-0.05, 0) is 34.1 Å². The normalized spacial score (nSPS) is 10.4. The third kappa shape index (κ3) is 2.17. The molecule has 0 spiro atoms. The maximum Gasteiger partial charge on any atom is 0.255 e. The highest BCUT2D eigenvalue weighted by Gasteiger charge is 1.94. The highest BCUT2D eigenvalue weighted by molar-refractivity contribution is 9.10. The van der Waals surface area contributed by atoms with Gasteiger partial charge in [-0.3, -0.25) is 9.59 Å². The number of H-pyrrole nitrogens is 1. The Hall–Kier alpha value is -1.16. The van der Waals surface area contributed by atoms with Crippen LogP contribution < -0.4 is 5.56 Å². The number of halogens is 1. The van der Waals surface area contributed by atoms with Gasteiger partial charge in [0.05, 0.1) is 0 Å². The van der Waals surface area contributed by atoms with Gasteiger partial charge in [-0.2, -0.15) is 0 Å². The largest absolute Gasteiger partial charge is 0.327 e. The quantitative estimate of drug-likeness (QED) is 0.613. The maximum atomic E-state index is 11.0. The fourth-order valence-corrected chi connectivity index (χ4v) is 1.10. The molecule has 3 nitrogen and oxygen atoms in total. The lowest BCUT2D eigenvalue weighted by Crippen LogP contribution is -2.07. The molecule has 0 fully saturated rings. The third-order valence-electron chi connectivity index (χ3n) is 1.25. The summed E-state index contributed by atoms with van der Waals surface area (Å²) in [4.78, 5) is 23.5. The van der Waals surface area contributed by atoms with Crippen molar-refractivity contribution in [2.45, 2.75) is 0 Å². The Bertz CT molecular complexity index is 368. The van der Waals surface area contributed by atoms with E-state index in [9.17, 15) is 9.59 Å². The van der Waals surface area contributed by atoms with Crippen molar-refractivity contribution in [3.8, 4) is 0 Å². The number of carbonyl (C=O) groups is 1. The van der Waals surface area contributed by atoms with E-state index >= 15 is 0 Å². The number of aromatic amines is 1. The highest BCUT2D eigenvalue weighted by atomic mass is 79.9. The van der Waals surface area contributed by atoms with Crippen LogP contribution >= 0.6 is 15.9 Å². The van der Waals surface area contributed by atoms with Crippen LogP contribution in [0.4, 0.5) is 0 Å². The number of rotatable bonds is 2. The van der Waals surface area contributed by atoms with Crippen molar-refractivity contribution in [2.24, 2.45) is 0 Å². The molecule has 62 valence electrons. The van der Waals surface area contributed by atoms with Gasteiger partial charge in [-0.1, -0.05) is 0 Å². The topological polar surface area (TPSA) is 49.9 Å². The lowest BCUT2D eigenvalue weighted by molar-refractivity contribution is -0.104. The van der Waals surface area contributed by atoms with Gasteiger partial charge < -0.3 is 4.98 Å². The number of allylic oxidation sites excluding steroid dienone is 1. The summed E-state index contributed by atoms with van der Waals surface area (Å²) in [5.74, 6) is 0. The monoisotopic (exact) mass is 227 g/mol. The molecule has 12 heavy (non-hydrogen) atoms. The Labute approximate surface area is 77.2 Å². The van der Waals surface area contributed by atoms with Gasteiger partial charge in [0.2, 0.25) is 0 Å². The number of hydrogen-bond donors (Lipinski definition) is 1. The molecule has 0 aliphatic carbocycles. The summed E-state index contributed by atoms with van der Waals surface area (Å²) in [7, 11) is 0. The second-order valence-corrected chi connectivity index (χ2v) is 3.01. The summed E-state index contributed by atoms with van der Waals surface area (Å²) in [5, 5.41) is 0. The zero-order valence-corrected chi connectivity index (χ0v) is 7.67. The van der Waals surface area contributed by atoms with E-state index in [2.05, 4.69) is 20.9 Å². The Balaban J connectivity index is 3.14. The Morgan fingerprint density at radius 1 is 1.50 bits per heavy atom. The van der Waals surface area contributed by atoms with E-state index in [-0.39, 0.29) is 5.56 Å². The van der Waals surface area contributed by atoms with E-state index in [0.717, 1.165) is 4.47 Å². The number of pyridine rings is 1. The average Bonchev–Trinajstić information content (AvgIpc) is 2.07. The van der Waals surface area contributed by atoms with Gasteiger partial charge in [0, 0.05) is 16.2 Å². The van der Waals surface area contributed by atoms with Gasteiger partial charge in [0.15, 0.2) is 0 Å². The van der Waals surface area contributed by atoms with E-state index in [1.165, 1.54) is 12.2 Å². The van der Waals surface area contributed by atoms with E-state index < -0.39 is 0 Å². The Morgan fingerprint density at radius 3 is 2.92 bits per heavy atom. The third-order valence-corrected chi connectivity index (χ3v) is 1.71. The Kier molecular flexibility index (Phi) is 2.99. The van der Waals surface area contributed by atoms with Crippen molar-refractivity contribution in [1.82, 2.24) is 4.98 Å². The minimum atomic E-state index is -0.212. The van der Waals surface area contributed by atoms with Crippen LogP contribution in [-0.2, 0) is 4.79 Å². The molecule has 0 radical (unpaired) electrons. The highest BCUT2D eigenvalue weighted by Crippen LogP contribution is 2.07. The molecule has 1 N–H and O–H groups in total. The summed E-state index contributed by atoms with van der Waals surface area (Å²) in [6.45, 7) is 0. The van der Waals surface area contributed by atoms with Crippen LogP contribution in [0.25, 0.3) is 6.08 Å². The molecule has 0 saturated heterocycles. The van der Waals surface area contributed by atoms with E-state index in [1.54, 1.807) is 12.3 Å². The summed E-state index contributed by atoms with van der Waals surface area (Å²) in [6, 6.07) is 1.64. The number of aldehydes is 1. The predicted molar refractivity (Wildman–Crippen MR) is 49.9 cm³/mol. The van der Waals surface area contributed by atoms with Crippen LogP contribution in [0.3, 0.4) is 0 Å². The fourth-order valence-electron chi connectivity index (χ4n) is 0.740. The van der Waals surface area contributed by atoms with E-state index in [4.69, 9.17) is 0 Å². The summed E-state index contributed by atoms with van der Waals surface area (Å²) in [5.41, 5.74) is 0.243. The first-order chi connectivity index (χ1) is 5.74. The van der Waals surface area contributed by atoms with Gasteiger partial charge in [-0.25, -0.2) is 0 Å². The zero-order chi connectivity index (χ0) is 8.97. The molecule has 1 heterocycles. The molecule has 0 aliphatic heterocycles. The molecule has 0 unspecified atom stereocenters. The number of carbonyl (C=O) groups excluding carboxylic acids is 1. The molecule has 0 aliphatic rings. The zero-order valence-electron chi connectivity index (χ0n) is 6.08. The van der Waals surface area contributed by atoms with Crippen molar-refractivity contribution in [3.63, 3.8) is 0 Å². The van der Waals surface area contributed by atoms with Crippen molar-refractivity contribution in [2.75, 3.05) is 0 Å². The van der Waals surface area contributed by atoms with Crippen LogP contribution in [0.5, 0.6) is 0 Å². The van der Waals surface area contributed by atoms with Crippen molar-refractivity contribution in [1.29, 1.82) is 0 Å². The smallest absolute Gasteiger partial charge is 0.255 e. The van der Waals surface area contributed by atoms with Gasteiger partial charge in [0.25, 0.3) is 5.56 Å². The molecule has 1 aromatic rings. The van der Waals surface area contributed by atoms with Gasteiger partial charge in [-0.15, -0.1) is 0 Å². The SMILES string of the molecule is O=CC=Cc1cc(Br)c[nH]c1=O. The average molecular weight is 228 g/mol. The molecule has 1 aromatic heterocycles. The minimum absolute atomic E-state index is 0.212. The standard InChI is InChI=1S/C8H6BrNO2/c9-7-4-6(2-1-3-11)8(12)10-5-7/h1-5H,(H,10,12). The van der Waals surface area contributed by atoms with Gasteiger partial charge in [0.1, 0.15) is 6.29 Å². The van der Waals surface area contributed by atoms with E-state index in [1.807, 2.05) is 0 Å². The van der Waals surface area contributed by atoms with Crippen LogP contribution in [0.2, 0.25) is 0 Å². The number of aromatic nitrogens is 1. The molecule has 0 saturated carbocycles. The fraction of sp³-hybridized carbons (Fsp3) is 0. The maximum absolute atomic E-state index is 11.0.